The molecule has 0 bridgehead atoms. The Kier molecular flexibility index (Phi) is 3.90. The van der Waals surface area contributed by atoms with E-state index in [1.807, 2.05) is 6.08 Å². The minimum absolute atomic E-state index is 0.00842. The van der Waals surface area contributed by atoms with Crippen molar-refractivity contribution >= 4 is 11.8 Å². The molecule has 150 valence electrons. The molecule has 5 aliphatic rings. The predicted octanol–water partition coefficient (Wildman–Crippen LogP) is 5.32. The Morgan fingerprint density at radius 3 is 2.75 bits per heavy atom. The van der Waals surface area contributed by atoms with E-state index in [2.05, 4.69) is 32.6 Å². The Morgan fingerprint density at radius 2 is 2.04 bits per heavy atom. The number of allylic oxidation sites excluding steroid dienone is 5. The van der Waals surface area contributed by atoms with Crippen LogP contribution in [-0.2, 0) is 14.3 Å². The lowest BCUT2D eigenvalue weighted by Gasteiger charge is -2.57. The van der Waals surface area contributed by atoms with Crippen LogP contribution >= 0.6 is 0 Å². The fraction of sp³-hybridized carbons (Fsp3) is 0.680. The zero-order chi connectivity index (χ0) is 19.7. The Bertz CT molecular complexity index is 820. The summed E-state index contributed by atoms with van der Waals surface area (Å²) < 4.78 is 6.06. The second-order valence-corrected chi connectivity index (χ2v) is 10.4. The van der Waals surface area contributed by atoms with Gasteiger partial charge in [0.2, 0.25) is 0 Å². The summed E-state index contributed by atoms with van der Waals surface area (Å²) in [6.45, 7) is 8.80. The number of ketones is 1. The van der Waals surface area contributed by atoms with E-state index in [1.165, 1.54) is 5.57 Å². The Balaban J connectivity index is 1.61. The lowest BCUT2D eigenvalue weighted by atomic mass is 9.48. The summed E-state index contributed by atoms with van der Waals surface area (Å²) in [5.41, 5.74) is 2.75. The van der Waals surface area contributed by atoms with E-state index >= 15 is 0 Å². The van der Waals surface area contributed by atoms with Crippen LogP contribution in [0.3, 0.4) is 0 Å². The van der Waals surface area contributed by atoms with Crippen LogP contribution in [0.15, 0.2) is 36.0 Å². The average molecular weight is 381 g/mol. The topological polar surface area (TPSA) is 43.4 Å². The van der Waals surface area contributed by atoms with Gasteiger partial charge in [0, 0.05) is 23.7 Å². The Morgan fingerprint density at radius 1 is 1.21 bits per heavy atom. The molecule has 1 saturated heterocycles. The van der Waals surface area contributed by atoms with Crippen molar-refractivity contribution in [2.45, 2.75) is 77.2 Å². The van der Waals surface area contributed by atoms with Crippen molar-refractivity contribution in [3.05, 3.63) is 36.0 Å². The summed E-state index contributed by atoms with van der Waals surface area (Å²) in [6, 6.07) is 0. The number of hydrogen-bond donors (Lipinski definition) is 0. The highest BCUT2D eigenvalue weighted by atomic mass is 16.6. The zero-order valence-corrected chi connectivity index (χ0v) is 17.3. The number of carbonyl (C=O) groups excluding carboxylic acids is 2. The van der Waals surface area contributed by atoms with Gasteiger partial charge in [0.25, 0.3) is 0 Å². The third-order valence-corrected chi connectivity index (χ3v) is 9.31. The molecule has 0 radical (unpaired) electrons. The molecule has 1 aliphatic heterocycles. The van der Waals surface area contributed by atoms with Crippen molar-refractivity contribution in [2.75, 3.05) is 0 Å². The second-order valence-electron chi connectivity index (χ2n) is 10.4. The number of rotatable bonds is 2. The summed E-state index contributed by atoms with van der Waals surface area (Å²) >= 11 is 0. The van der Waals surface area contributed by atoms with E-state index in [0.29, 0.717) is 36.4 Å². The number of ether oxygens (including phenoxy) is 1. The summed E-state index contributed by atoms with van der Waals surface area (Å²) in [7, 11) is 0. The number of hydrogen-bond acceptors (Lipinski definition) is 3. The number of fused-ring (bicyclic) bond motifs is 6. The largest absolute Gasteiger partial charge is 0.458 e. The van der Waals surface area contributed by atoms with Crippen LogP contribution in [0.4, 0.5) is 0 Å². The fourth-order valence-electron chi connectivity index (χ4n) is 7.72. The van der Waals surface area contributed by atoms with Gasteiger partial charge in [0.05, 0.1) is 0 Å². The van der Waals surface area contributed by atoms with Gasteiger partial charge >= 0.3 is 5.97 Å². The first-order chi connectivity index (χ1) is 13.3. The molecular weight excluding hydrogens is 348 g/mol. The molecule has 1 spiro atoms. The van der Waals surface area contributed by atoms with Gasteiger partial charge < -0.3 is 4.74 Å². The lowest BCUT2D eigenvalue weighted by Crippen LogP contribution is -2.52. The molecular formula is C25H32O3. The van der Waals surface area contributed by atoms with Crippen LogP contribution in [0, 0.1) is 28.6 Å². The van der Waals surface area contributed by atoms with Gasteiger partial charge in [0.1, 0.15) is 5.60 Å². The Labute approximate surface area is 168 Å². The van der Waals surface area contributed by atoms with Gasteiger partial charge in [-0.15, -0.1) is 6.58 Å². The first-order valence-corrected chi connectivity index (χ1v) is 11.1. The van der Waals surface area contributed by atoms with E-state index in [-0.39, 0.29) is 22.4 Å². The summed E-state index contributed by atoms with van der Waals surface area (Å²) in [4.78, 5) is 24.2. The first kappa shape index (κ1) is 18.4. The monoisotopic (exact) mass is 380 g/mol. The SMILES string of the molecule is C=CC[C@@H]1CC2=CC(=O)CC[C@]2(C)C2=CC[C@@]3(C)[C@@H](CC[C@@]34CCC(=O)O4)[C@@H]21. The minimum Gasteiger partial charge on any atom is -0.458 e. The summed E-state index contributed by atoms with van der Waals surface area (Å²) in [5.74, 6) is 1.86. The van der Waals surface area contributed by atoms with Gasteiger partial charge in [0.15, 0.2) is 5.78 Å². The van der Waals surface area contributed by atoms with Crippen molar-refractivity contribution in [1.82, 2.24) is 0 Å². The third kappa shape index (κ3) is 2.22. The molecule has 3 nitrogen and oxygen atoms in total. The van der Waals surface area contributed by atoms with Crippen LogP contribution in [0.2, 0.25) is 0 Å². The molecule has 0 aromatic rings. The third-order valence-electron chi connectivity index (χ3n) is 9.31. The van der Waals surface area contributed by atoms with Crippen LogP contribution in [0.25, 0.3) is 0 Å². The van der Waals surface area contributed by atoms with Crippen molar-refractivity contribution in [3.63, 3.8) is 0 Å². The van der Waals surface area contributed by atoms with Crippen molar-refractivity contribution in [2.24, 2.45) is 28.6 Å². The van der Waals surface area contributed by atoms with Crippen LogP contribution < -0.4 is 0 Å². The summed E-state index contributed by atoms with van der Waals surface area (Å²) in [6.07, 6.45) is 14.7. The lowest BCUT2D eigenvalue weighted by molar-refractivity contribution is -0.160. The highest BCUT2D eigenvalue weighted by Crippen LogP contribution is 2.69. The van der Waals surface area contributed by atoms with Crippen LogP contribution in [-0.4, -0.2) is 17.4 Å². The number of esters is 1. The van der Waals surface area contributed by atoms with Gasteiger partial charge in [-0.1, -0.05) is 37.1 Å². The molecule has 4 aliphatic carbocycles. The molecule has 0 unspecified atom stereocenters. The Hall–Kier alpha value is -1.64. The van der Waals surface area contributed by atoms with E-state index in [4.69, 9.17) is 4.74 Å². The number of carbonyl (C=O) groups is 2. The maximum atomic E-state index is 12.2. The molecule has 28 heavy (non-hydrogen) atoms. The predicted molar refractivity (Wildman–Crippen MR) is 108 cm³/mol. The molecule has 6 atom stereocenters. The normalized spacial score (nSPS) is 47.0. The first-order valence-electron chi connectivity index (χ1n) is 11.1. The van der Waals surface area contributed by atoms with Crippen molar-refractivity contribution < 1.29 is 14.3 Å². The smallest absolute Gasteiger partial charge is 0.306 e. The summed E-state index contributed by atoms with van der Waals surface area (Å²) in [5, 5.41) is 0. The molecule has 5 rings (SSSR count). The molecule has 0 aromatic heterocycles. The fourth-order valence-corrected chi connectivity index (χ4v) is 7.72. The molecule has 0 aromatic carbocycles. The van der Waals surface area contributed by atoms with Crippen molar-refractivity contribution in [1.29, 1.82) is 0 Å². The quantitative estimate of drug-likeness (QED) is 0.481. The zero-order valence-electron chi connectivity index (χ0n) is 17.3. The molecule has 1 heterocycles. The average Bonchev–Trinajstić information content (AvgIpc) is 3.18. The standard InChI is InChI=1S/C25H32O3/c1-4-5-16-14-17-15-18(26)6-10-23(17,2)19-7-11-24(3)20(22(16)19)8-12-25(24)13-9-21(27)28-25/h4,7,15-16,20,22H,1,5-6,8-14H2,2-3H3/t16-,20+,22-,23+,24+,25-/m1/s1. The van der Waals surface area contributed by atoms with E-state index < -0.39 is 0 Å². The maximum Gasteiger partial charge on any atom is 0.306 e. The van der Waals surface area contributed by atoms with E-state index in [9.17, 15) is 9.59 Å². The maximum absolute atomic E-state index is 12.2. The highest BCUT2D eigenvalue weighted by molar-refractivity contribution is 5.92. The van der Waals surface area contributed by atoms with Crippen LogP contribution in [0.5, 0.6) is 0 Å². The van der Waals surface area contributed by atoms with E-state index in [0.717, 1.165) is 44.9 Å². The molecule has 2 saturated carbocycles. The van der Waals surface area contributed by atoms with E-state index in [1.54, 1.807) is 5.57 Å². The molecule has 3 heteroatoms. The highest BCUT2D eigenvalue weighted by Gasteiger charge is 2.66. The molecule has 3 fully saturated rings. The molecule has 0 N–H and O–H groups in total. The molecule has 0 amide bonds. The van der Waals surface area contributed by atoms with Gasteiger partial charge in [-0.2, -0.15) is 0 Å². The minimum atomic E-state index is -0.255. The van der Waals surface area contributed by atoms with Gasteiger partial charge in [-0.05, 0) is 68.8 Å². The van der Waals surface area contributed by atoms with Gasteiger partial charge in [-0.3, -0.25) is 9.59 Å². The van der Waals surface area contributed by atoms with Gasteiger partial charge in [-0.25, -0.2) is 0 Å². The van der Waals surface area contributed by atoms with Crippen molar-refractivity contribution in [3.8, 4) is 0 Å². The van der Waals surface area contributed by atoms with Crippen LogP contribution in [0.1, 0.15) is 71.6 Å². The second kappa shape index (κ2) is 5.93.